The molecule has 0 saturated carbocycles. The standard InChI is InChI=1S/C9H11F2N3O/c10-8(11)4-14-9(15)5-1-6(12)3-7(13)2-5/h1-3,8H,4,12-13H2,(H,14,15). The van der Waals surface area contributed by atoms with E-state index in [1.165, 1.54) is 18.2 Å². The van der Waals surface area contributed by atoms with Gasteiger partial charge in [-0.15, -0.1) is 0 Å². The predicted molar refractivity (Wildman–Crippen MR) is 53.6 cm³/mol. The van der Waals surface area contributed by atoms with E-state index in [-0.39, 0.29) is 5.56 Å². The van der Waals surface area contributed by atoms with Gasteiger partial charge in [-0.2, -0.15) is 0 Å². The zero-order chi connectivity index (χ0) is 11.4. The molecule has 5 N–H and O–H groups in total. The molecular formula is C9H11F2N3O. The van der Waals surface area contributed by atoms with Gasteiger partial charge in [-0.1, -0.05) is 0 Å². The van der Waals surface area contributed by atoms with Crippen molar-refractivity contribution in [3.05, 3.63) is 23.8 Å². The van der Waals surface area contributed by atoms with Gasteiger partial charge >= 0.3 is 0 Å². The van der Waals surface area contributed by atoms with Gasteiger partial charge in [0, 0.05) is 16.9 Å². The second kappa shape index (κ2) is 4.59. The van der Waals surface area contributed by atoms with Crippen molar-refractivity contribution in [2.24, 2.45) is 0 Å². The van der Waals surface area contributed by atoms with Crippen molar-refractivity contribution in [3.63, 3.8) is 0 Å². The fraction of sp³-hybridized carbons (Fsp3) is 0.222. The summed E-state index contributed by atoms with van der Waals surface area (Å²) in [6, 6.07) is 4.22. The average Bonchev–Trinajstić information content (AvgIpc) is 2.12. The van der Waals surface area contributed by atoms with Crippen LogP contribution in [0.3, 0.4) is 0 Å². The molecule has 1 aromatic carbocycles. The summed E-state index contributed by atoms with van der Waals surface area (Å²) in [6.07, 6.45) is -2.58. The smallest absolute Gasteiger partial charge is 0.255 e. The minimum atomic E-state index is -2.58. The van der Waals surface area contributed by atoms with E-state index in [0.717, 1.165) is 0 Å². The maximum absolute atomic E-state index is 11.8. The van der Waals surface area contributed by atoms with Crippen LogP contribution in [0.1, 0.15) is 10.4 Å². The van der Waals surface area contributed by atoms with Crippen molar-refractivity contribution in [3.8, 4) is 0 Å². The Morgan fingerprint density at radius 1 is 1.27 bits per heavy atom. The Hall–Kier alpha value is -1.85. The van der Waals surface area contributed by atoms with Gasteiger partial charge in [0.25, 0.3) is 12.3 Å². The van der Waals surface area contributed by atoms with E-state index in [0.29, 0.717) is 11.4 Å². The van der Waals surface area contributed by atoms with Crippen molar-refractivity contribution in [2.75, 3.05) is 18.0 Å². The molecule has 0 saturated heterocycles. The number of nitrogens with two attached hydrogens (primary N) is 2. The number of benzene rings is 1. The van der Waals surface area contributed by atoms with Crippen molar-refractivity contribution in [2.45, 2.75) is 6.43 Å². The molecule has 0 bridgehead atoms. The van der Waals surface area contributed by atoms with Crippen molar-refractivity contribution >= 4 is 17.3 Å². The lowest BCUT2D eigenvalue weighted by Gasteiger charge is -2.06. The highest BCUT2D eigenvalue weighted by Gasteiger charge is 2.09. The van der Waals surface area contributed by atoms with E-state index in [9.17, 15) is 13.6 Å². The number of carbonyl (C=O) groups is 1. The molecule has 0 aromatic heterocycles. The fourth-order valence-electron chi connectivity index (χ4n) is 1.08. The van der Waals surface area contributed by atoms with Gasteiger partial charge in [-0.3, -0.25) is 4.79 Å². The fourth-order valence-corrected chi connectivity index (χ4v) is 1.08. The van der Waals surface area contributed by atoms with Gasteiger partial charge in [0.1, 0.15) is 0 Å². The summed E-state index contributed by atoms with van der Waals surface area (Å²) in [6.45, 7) is -0.687. The van der Waals surface area contributed by atoms with Crippen LogP contribution in [0.5, 0.6) is 0 Å². The van der Waals surface area contributed by atoms with E-state index in [4.69, 9.17) is 11.5 Å². The molecule has 82 valence electrons. The predicted octanol–water partition coefficient (Wildman–Crippen LogP) is 0.846. The number of anilines is 2. The maximum Gasteiger partial charge on any atom is 0.255 e. The normalized spacial score (nSPS) is 10.3. The van der Waals surface area contributed by atoms with Gasteiger partial charge < -0.3 is 16.8 Å². The Morgan fingerprint density at radius 2 is 1.80 bits per heavy atom. The Bertz CT molecular complexity index is 348. The van der Waals surface area contributed by atoms with Gasteiger partial charge in [-0.25, -0.2) is 8.78 Å². The summed E-state index contributed by atoms with van der Waals surface area (Å²) in [5.41, 5.74) is 11.7. The first-order chi connectivity index (χ1) is 6.99. The van der Waals surface area contributed by atoms with Gasteiger partial charge in [0.05, 0.1) is 6.54 Å². The largest absolute Gasteiger partial charge is 0.399 e. The number of nitrogens with one attached hydrogen (secondary N) is 1. The lowest BCUT2D eigenvalue weighted by atomic mass is 10.1. The van der Waals surface area contributed by atoms with Crippen molar-refractivity contribution in [1.29, 1.82) is 0 Å². The van der Waals surface area contributed by atoms with Gasteiger partial charge in [0.2, 0.25) is 0 Å². The van der Waals surface area contributed by atoms with E-state index in [2.05, 4.69) is 5.32 Å². The second-order valence-corrected chi connectivity index (χ2v) is 2.99. The number of amides is 1. The molecule has 0 atom stereocenters. The lowest BCUT2D eigenvalue weighted by Crippen LogP contribution is -2.28. The molecule has 0 aliphatic carbocycles. The highest BCUT2D eigenvalue weighted by molar-refractivity contribution is 5.96. The number of nitrogen functional groups attached to an aromatic ring is 2. The average molecular weight is 215 g/mol. The molecule has 1 rings (SSSR count). The topological polar surface area (TPSA) is 81.1 Å². The number of hydrogen-bond acceptors (Lipinski definition) is 3. The molecule has 0 spiro atoms. The first-order valence-corrected chi connectivity index (χ1v) is 4.21. The van der Waals surface area contributed by atoms with E-state index in [1.807, 2.05) is 0 Å². The molecule has 0 aliphatic rings. The van der Waals surface area contributed by atoms with Crippen molar-refractivity contribution in [1.82, 2.24) is 5.32 Å². The molecule has 0 unspecified atom stereocenters. The summed E-state index contributed by atoms with van der Waals surface area (Å²) in [5.74, 6) is -0.616. The second-order valence-electron chi connectivity index (χ2n) is 2.99. The van der Waals surface area contributed by atoms with Crippen molar-refractivity contribution < 1.29 is 13.6 Å². The molecule has 0 aliphatic heterocycles. The first kappa shape index (κ1) is 11.2. The summed E-state index contributed by atoms with van der Waals surface area (Å²) in [4.78, 5) is 11.3. The van der Waals surface area contributed by atoms with Crippen LogP contribution in [0.4, 0.5) is 20.2 Å². The number of halogens is 2. The lowest BCUT2D eigenvalue weighted by molar-refractivity contribution is 0.0892. The third-order valence-electron chi connectivity index (χ3n) is 1.66. The SMILES string of the molecule is Nc1cc(N)cc(C(=O)NCC(F)F)c1. The molecule has 6 heteroatoms. The minimum Gasteiger partial charge on any atom is -0.399 e. The number of alkyl halides is 2. The van der Waals surface area contributed by atoms with Crippen LogP contribution < -0.4 is 16.8 Å². The number of hydrogen-bond donors (Lipinski definition) is 3. The molecule has 0 heterocycles. The highest BCUT2D eigenvalue weighted by Crippen LogP contribution is 2.13. The van der Waals surface area contributed by atoms with Crippen LogP contribution in [0.2, 0.25) is 0 Å². The third kappa shape index (κ3) is 3.41. The van der Waals surface area contributed by atoms with Crippen LogP contribution in [-0.4, -0.2) is 18.9 Å². The summed E-state index contributed by atoms with van der Waals surface area (Å²) in [7, 11) is 0. The zero-order valence-electron chi connectivity index (χ0n) is 7.84. The van der Waals surface area contributed by atoms with Crippen LogP contribution in [0.25, 0.3) is 0 Å². The quantitative estimate of drug-likeness (QED) is 0.653. The Kier molecular flexibility index (Phi) is 3.43. The van der Waals surface area contributed by atoms with E-state index < -0.39 is 18.9 Å². The van der Waals surface area contributed by atoms with E-state index in [1.54, 1.807) is 0 Å². The maximum atomic E-state index is 11.8. The summed E-state index contributed by atoms with van der Waals surface area (Å²) < 4.78 is 23.6. The van der Waals surface area contributed by atoms with Crippen LogP contribution >= 0.6 is 0 Å². The van der Waals surface area contributed by atoms with Crippen LogP contribution in [-0.2, 0) is 0 Å². The molecule has 0 radical (unpaired) electrons. The number of rotatable bonds is 3. The summed E-state index contributed by atoms with van der Waals surface area (Å²) >= 11 is 0. The van der Waals surface area contributed by atoms with Crippen LogP contribution in [0.15, 0.2) is 18.2 Å². The van der Waals surface area contributed by atoms with Crippen LogP contribution in [0, 0.1) is 0 Å². The monoisotopic (exact) mass is 215 g/mol. The third-order valence-corrected chi connectivity index (χ3v) is 1.66. The van der Waals surface area contributed by atoms with Gasteiger partial charge in [0.15, 0.2) is 0 Å². The van der Waals surface area contributed by atoms with E-state index >= 15 is 0 Å². The Morgan fingerprint density at radius 3 is 2.27 bits per heavy atom. The molecule has 0 fully saturated rings. The first-order valence-electron chi connectivity index (χ1n) is 4.21. The molecular weight excluding hydrogens is 204 g/mol. The number of carbonyl (C=O) groups excluding carboxylic acids is 1. The molecule has 4 nitrogen and oxygen atoms in total. The molecule has 1 aromatic rings. The highest BCUT2D eigenvalue weighted by atomic mass is 19.3. The zero-order valence-corrected chi connectivity index (χ0v) is 7.84. The van der Waals surface area contributed by atoms with Gasteiger partial charge in [-0.05, 0) is 18.2 Å². The summed E-state index contributed by atoms with van der Waals surface area (Å²) in [5, 5.41) is 2.05. The Balaban J connectivity index is 2.73. The minimum absolute atomic E-state index is 0.174. The molecule has 15 heavy (non-hydrogen) atoms. The molecule has 1 amide bonds. The Labute approximate surface area is 85.2 Å².